The average Bonchev–Trinajstić information content (AvgIpc) is 3.57. The molecule has 262 valence electrons. The topological polar surface area (TPSA) is 105 Å². The Morgan fingerprint density at radius 3 is 2.34 bits per heavy atom. The fourth-order valence-electron chi connectivity index (χ4n) is 7.13. The Morgan fingerprint density at radius 1 is 1.00 bits per heavy atom. The maximum Gasteiger partial charge on any atom is 0.255 e. The summed E-state index contributed by atoms with van der Waals surface area (Å²) in [5.41, 5.74) is 5.70. The first-order valence-corrected chi connectivity index (χ1v) is 17.4. The number of pyridine rings is 1. The van der Waals surface area contributed by atoms with E-state index in [1.54, 1.807) is 33.5 Å². The van der Waals surface area contributed by atoms with Crippen LogP contribution in [0.5, 0.6) is 17.2 Å². The molecule has 0 spiro atoms. The second-order valence-corrected chi connectivity index (χ2v) is 13.1. The Hall–Kier alpha value is -4.80. The maximum absolute atomic E-state index is 14.3. The number of hydrogen-bond donors (Lipinski definition) is 2. The average molecular weight is 697 g/mol. The van der Waals surface area contributed by atoms with Gasteiger partial charge in [-0.1, -0.05) is 48.9 Å². The Kier molecular flexibility index (Phi) is 11.1. The van der Waals surface area contributed by atoms with E-state index < -0.39 is 0 Å². The monoisotopic (exact) mass is 696 g/mol. The van der Waals surface area contributed by atoms with Crippen molar-refractivity contribution in [3.63, 3.8) is 0 Å². The number of likely N-dealkylation sites (tertiary alicyclic amines) is 1. The van der Waals surface area contributed by atoms with E-state index in [9.17, 15) is 4.79 Å². The Labute approximate surface area is 298 Å². The van der Waals surface area contributed by atoms with Crippen molar-refractivity contribution in [3.05, 3.63) is 106 Å². The fourth-order valence-corrected chi connectivity index (χ4v) is 7.25. The number of para-hydroxylation sites is 1. The number of aromatic nitrogens is 3. The van der Waals surface area contributed by atoms with E-state index in [2.05, 4.69) is 57.4 Å². The largest absolute Gasteiger partial charge is 0.493 e. The molecule has 0 radical (unpaired) electrons. The molecule has 1 fully saturated rings. The van der Waals surface area contributed by atoms with Crippen LogP contribution < -0.4 is 19.5 Å². The molecule has 1 saturated heterocycles. The van der Waals surface area contributed by atoms with Gasteiger partial charge in [0.1, 0.15) is 0 Å². The Balaban J connectivity index is 1.22. The van der Waals surface area contributed by atoms with E-state index in [-0.39, 0.29) is 24.0 Å². The number of piperidine rings is 1. The first kappa shape index (κ1) is 35.0. The number of halogens is 1. The molecule has 0 aliphatic carbocycles. The van der Waals surface area contributed by atoms with Gasteiger partial charge in [0, 0.05) is 61.0 Å². The van der Waals surface area contributed by atoms with Gasteiger partial charge in [0.2, 0.25) is 11.7 Å². The van der Waals surface area contributed by atoms with E-state index in [4.69, 9.17) is 30.8 Å². The predicted molar refractivity (Wildman–Crippen MR) is 198 cm³/mol. The molecule has 2 unspecified atom stereocenters. The number of ether oxygens (including phenoxy) is 3. The van der Waals surface area contributed by atoms with Crippen LogP contribution >= 0.6 is 11.6 Å². The Bertz CT molecular complexity index is 1870. The lowest BCUT2D eigenvalue weighted by atomic mass is 9.90. The van der Waals surface area contributed by atoms with Crippen LogP contribution in [-0.4, -0.2) is 84.3 Å². The van der Waals surface area contributed by atoms with Crippen LogP contribution in [0.1, 0.15) is 59.3 Å². The standard InChI is InChI=1S/C39H45ClN6O4/c1-6-31(25-13-15-28(40)16-14-25)37(45(2)38(47)27-23-33(48-3)36(50-5)34(24-27)49-4)46-20-17-29(18-21-46)42-39-43-32-12-9-10-26(35(32)44-39)22-30-11-7-8-19-41-30/h7-16,19,23-24,29,31,37H,6,17-18,20-22H2,1-5H3,(H2,42,43,44). The molecule has 2 aromatic heterocycles. The molecule has 1 aliphatic rings. The highest BCUT2D eigenvalue weighted by Crippen LogP contribution is 2.39. The van der Waals surface area contributed by atoms with Crippen LogP contribution in [-0.2, 0) is 6.42 Å². The predicted octanol–water partition coefficient (Wildman–Crippen LogP) is 7.40. The zero-order valence-corrected chi connectivity index (χ0v) is 30.0. The number of carbonyl (C=O) groups excluding carboxylic acids is 1. The number of nitrogens with zero attached hydrogens (tertiary/aromatic N) is 4. The first-order chi connectivity index (χ1) is 24.3. The summed E-state index contributed by atoms with van der Waals surface area (Å²) >= 11 is 6.29. The number of aromatic amines is 1. The van der Waals surface area contributed by atoms with Gasteiger partial charge >= 0.3 is 0 Å². The quantitative estimate of drug-likeness (QED) is 0.131. The molecule has 6 rings (SSSR count). The number of likely N-dealkylation sites (N-methyl/N-ethyl adjacent to an activating group) is 1. The number of benzene rings is 3. The summed E-state index contributed by atoms with van der Waals surface area (Å²) in [6, 6.07) is 23.8. The lowest BCUT2D eigenvalue weighted by Gasteiger charge is -2.45. The van der Waals surface area contributed by atoms with Gasteiger partial charge in [-0.15, -0.1) is 0 Å². The van der Waals surface area contributed by atoms with Gasteiger partial charge in [0.25, 0.3) is 5.91 Å². The molecule has 2 N–H and O–H groups in total. The molecule has 50 heavy (non-hydrogen) atoms. The second kappa shape index (κ2) is 15.8. The van der Waals surface area contributed by atoms with Gasteiger partial charge in [-0.25, -0.2) is 4.98 Å². The van der Waals surface area contributed by atoms with Gasteiger partial charge in [-0.3, -0.25) is 14.7 Å². The minimum atomic E-state index is -0.214. The van der Waals surface area contributed by atoms with Gasteiger partial charge in [-0.2, -0.15) is 0 Å². The number of nitrogens with one attached hydrogen (secondary N) is 2. The lowest BCUT2D eigenvalue weighted by molar-refractivity contribution is 0.0200. The van der Waals surface area contributed by atoms with Crippen molar-refractivity contribution in [3.8, 4) is 17.2 Å². The van der Waals surface area contributed by atoms with E-state index in [1.165, 1.54) is 0 Å². The summed E-state index contributed by atoms with van der Waals surface area (Å²) in [5, 5.41) is 4.36. The molecule has 3 aromatic carbocycles. The number of fused-ring (bicyclic) bond motifs is 1. The number of methoxy groups -OCH3 is 3. The van der Waals surface area contributed by atoms with Crippen molar-refractivity contribution >= 4 is 34.5 Å². The smallest absolute Gasteiger partial charge is 0.255 e. The molecule has 3 heterocycles. The SMILES string of the molecule is CCC(c1ccc(Cl)cc1)C(N1CCC(Nc2nc3c(Cc4ccccn4)cccc3[nH]2)CC1)N(C)C(=O)c1cc(OC)c(OC)c(OC)c1. The number of carbonyl (C=O) groups is 1. The number of imidazole rings is 1. The van der Waals surface area contributed by atoms with Crippen LogP contribution in [0.25, 0.3) is 11.0 Å². The number of amides is 1. The normalized spacial score (nSPS) is 15.0. The number of hydrogen-bond acceptors (Lipinski definition) is 8. The number of H-pyrrole nitrogens is 1. The fraction of sp³-hybridized carbons (Fsp3) is 0.359. The minimum absolute atomic E-state index is 0.0423. The summed E-state index contributed by atoms with van der Waals surface area (Å²) < 4.78 is 16.7. The van der Waals surface area contributed by atoms with Crippen molar-refractivity contribution in [2.75, 3.05) is 46.8 Å². The zero-order chi connectivity index (χ0) is 35.2. The van der Waals surface area contributed by atoms with E-state index in [0.29, 0.717) is 27.8 Å². The summed E-state index contributed by atoms with van der Waals surface area (Å²) in [5.74, 6) is 2.00. The summed E-state index contributed by atoms with van der Waals surface area (Å²) in [7, 11) is 6.54. The van der Waals surface area contributed by atoms with E-state index in [1.807, 2.05) is 48.5 Å². The van der Waals surface area contributed by atoms with Crippen molar-refractivity contribution < 1.29 is 19.0 Å². The third-order valence-electron chi connectivity index (χ3n) is 9.67. The molecule has 10 nitrogen and oxygen atoms in total. The number of rotatable bonds is 13. The van der Waals surface area contributed by atoms with Crippen molar-refractivity contribution in [2.24, 2.45) is 0 Å². The van der Waals surface area contributed by atoms with Gasteiger partial charge < -0.3 is 29.4 Å². The zero-order valence-electron chi connectivity index (χ0n) is 29.3. The van der Waals surface area contributed by atoms with E-state index >= 15 is 0 Å². The first-order valence-electron chi connectivity index (χ1n) is 17.0. The third-order valence-corrected chi connectivity index (χ3v) is 9.92. The molecule has 0 bridgehead atoms. The molecule has 1 amide bonds. The van der Waals surface area contributed by atoms with Crippen LogP contribution in [0, 0.1) is 0 Å². The summed E-state index contributed by atoms with van der Waals surface area (Å²) in [6.45, 7) is 3.76. The Morgan fingerprint density at radius 2 is 1.72 bits per heavy atom. The highest BCUT2D eigenvalue weighted by atomic mass is 35.5. The summed E-state index contributed by atoms with van der Waals surface area (Å²) in [4.78, 5) is 31.6. The molecule has 11 heteroatoms. The highest BCUT2D eigenvalue weighted by molar-refractivity contribution is 6.30. The van der Waals surface area contributed by atoms with Crippen molar-refractivity contribution in [1.29, 1.82) is 0 Å². The van der Waals surface area contributed by atoms with Crippen LogP contribution in [0.3, 0.4) is 0 Å². The van der Waals surface area contributed by atoms with Crippen LogP contribution in [0.15, 0.2) is 79.0 Å². The molecular formula is C39H45ClN6O4. The third kappa shape index (κ3) is 7.51. The van der Waals surface area contributed by atoms with Gasteiger partial charge in [0.05, 0.1) is 38.5 Å². The number of anilines is 1. The van der Waals surface area contributed by atoms with Crippen molar-refractivity contribution in [1.82, 2.24) is 24.8 Å². The maximum atomic E-state index is 14.3. The molecule has 5 aromatic rings. The highest BCUT2D eigenvalue weighted by Gasteiger charge is 2.36. The van der Waals surface area contributed by atoms with Crippen LogP contribution in [0.2, 0.25) is 5.02 Å². The molecular weight excluding hydrogens is 652 g/mol. The minimum Gasteiger partial charge on any atom is -0.493 e. The molecule has 2 atom stereocenters. The molecule has 1 aliphatic heterocycles. The summed E-state index contributed by atoms with van der Waals surface area (Å²) in [6.07, 6.45) is 4.93. The van der Waals surface area contributed by atoms with Gasteiger partial charge in [0.15, 0.2) is 11.5 Å². The van der Waals surface area contributed by atoms with Crippen LogP contribution in [0.4, 0.5) is 5.95 Å². The lowest BCUT2D eigenvalue weighted by Crippen LogP contribution is -2.55. The second-order valence-electron chi connectivity index (χ2n) is 12.7. The van der Waals surface area contributed by atoms with E-state index in [0.717, 1.165) is 72.6 Å². The van der Waals surface area contributed by atoms with Crippen molar-refractivity contribution in [2.45, 2.75) is 50.7 Å². The molecule has 0 saturated carbocycles. The van der Waals surface area contributed by atoms with Gasteiger partial charge in [-0.05, 0) is 72.9 Å².